The molecule has 0 atom stereocenters. The third kappa shape index (κ3) is 4.37. The van der Waals surface area contributed by atoms with Gasteiger partial charge in [0.15, 0.2) is 0 Å². The highest BCUT2D eigenvalue weighted by molar-refractivity contribution is 5.75. The molecule has 0 radical (unpaired) electrons. The molecule has 0 aliphatic rings. The Balaban J connectivity index is 0.000000791. The molecule has 14 heavy (non-hydrogen) atoms. The minimum atomic E-state index is -0.367. The van der Waals surface area contributed by atoms with E-state index in [2.05, 4.69) is 0 Å². The van der Waals surface area contributed by atoms with Gasteiger partial charge in [0.25, 0.3) is 0 Å². The lowest BCUT2D eigenvalue weighted by Crippen LogP contribution is -2.00. The topological polar surface area (TPSA) is 63.6 Å². The van der Waals surface area contributed by atoms with E-state index < -0.39 is 0 Å². The first-order valence-electron chi connectivity index (χ1n) is 3.91. The molecule has 0 aliphatic carbocycles. The van der Waals surface area contributed by atoms with E-state index in [1.54, 1.807) is 24.3 Å². The van der Waals surface area contributed by atoms with Gasteiger partial charge in [-0.15, -0.1) is 0 Å². The van der Waals surface area contributed by atoms with Gasteiger partial charge in [0.2, 0.25) is 0 Å². The molecular formula is C10H12O4. The van der Waals surface area contributed by atoms with E-state index in [4.69, 9.17) is 9.84 Å². The van der Waals surface area contributed by atoms with Gasteiger partial charge in [-0.05, 0) is 24.3 Å². The summed E-state index contributed by atoms with van der Waals surface area (Å²) in [5.41, 5.74) is 0.561. The third-order valence-electron chi connectivity index (χ3n) is 1.28. The maximum atomic E-state index is 10.5. The molecule has 0 amide bonds. The van der Waals surface area contributed by atoms with Crippen LogP contribution in [0.2, 0.25) is 0 Å². The Kier molecular flexibility index (Phi) is 5.98. The molecule has 0 fully saturated rings. The molecule has 0 aliphatic heterocycles. The summed E-state index contributed by atoms with van der Waals surface area (Å²) in [5, 5.41) is 7.00. The van der Waals surface area contributed by atoms with Gasteiger partial charge >= 0.3 is 5.97 Å². The zero-order chi connectivity index (χ0) is 11.0. The Labute approximate surface area is 82.1 Å². The van der Waals surface area contributed by atoms with Crippen molar-refractivity contribution >= 4 is 12.3 Å². The van der Waals surface area contributed by atoms with Crippen LogP contribution >= 0.6 is 0 Å². The van der Waals surface area contributed by atoms with Gasteiger partial charge in [-0.3, -0.25) is 9.59 Å². The molecular weight excluding hydrogens is 184 g/mol. The molecule has 0 spiro atoms. The van der Waals surface area contributed by atoms with Crippen LogP contribution in [0, 0.1) is 0 Å². The average Bonchev–Trinajstić information content (AvgIpc) is 2.21. The molecule has 1 rings (SSSR count). The van der Waals surface area contributed by atoms with Crippen molar-refractivity contribution in [2.75, 3.05) is 7.11 Å². The van der Waals surface area contributed by atoms with Crippen molar-refractivity contribution in [1.29, 1.82) is 0 Å². The fourth-order valence-electron chi connectivity index (χ4n) is 0.780. The monoisotopic (exact) mass is 196 g/mol. The second-order valence-corrected chi connectivity index (χ2v) is 2.28. The Morgan fingerprint density at radius 1 is 1.29 bits per heavy atom. The van der Waals surface area contributed by atoms with Crippen molar-refractivity contribution in [3.05, 3.63) is 29.8 Å². The Morgan fingerprint density at radius 3 is 2.14 bits per heavy atom. The van der Waals surface area contributed by atoms with Gasteiger partial charge in [0.1, 0.15) is 12.0 Å². The van der Waals surface area contributed by atoms with E-state index in [0.717, 1.165) is 13.4 Å². The number of hydrogen-bond acceptors (Lipinski definition) is 4. The summed E-state index contributed by atoms with van der Waals surface area (Å²) in [6.07, 6.45) is 0.734. The van der Waals surface area contributed by atoms with Crippen molar-refractivity contribution < 1.29 is 19.4 Å². The first kappa shape index (κ1) is 12.3. The number of benzene rings is 1. The van der Waals surface area contributed by atoms with E-state index in [9.17, 15) is 9.59 Å². The van der Waals surface area contributed by atoms with E-state index >= 15 is 0 Å². The van der Waals surface area contributed by atoms with Gasteiger partial charge in [-0.25, -0.2) is 0 Å². The van der Waals surface area contributed by atoms with Crippen LogP contribution in [0.3, 0.4) is 0 Å². The summed E-state index contributed by atoms with van der Waals surface area (Å²) < 4.78 is 4.76. The summed E-state index contributed by atoms with van der Waals surface area (Å²) in [6, 6.07) is 6.33. The number of aldehydes is 1. The first-order chi connectivity index (χ1) is 6.72. The van der Waals surface area contributed by atoms with Crippen molar-refractivity contribution in [3.63, 3.8) is 0 Å². The summed E-state index contributed by atoms with van der Waals surface area (Å²) in [4.78, 5) is 20.7. The van der Waals surface area contributed by atoms with Gasteiger partial charge in [0, 0.05) is 19.6 Å². The number of carbonyl (C=O) groups is 2. The third-order valence-corrected chi connectivity index (χ3v) is 1.28. The van der Waals surface area contributed by atoms with Crippen LogP contribution in [0.1, 0.15) is 17.3 Å². The lowest BCUT2D eigenvalue weighted by molar-refractivity contribution is -0.131. The van der Waals surface area contributed by atoms with Crippen molar-refractivity contribution in [2.24, 2.45) is 0 Å². The minimum Gasteiger partial charge on any atom is -0.427 e. The lowest BCUT2D eigenvalue weighted by atomic mass is 10.2. The van der Waals surface area contributed by atoms with Crippen LogP contribution in [0.25, 0.3) is 0 Å². The normalized spacial score (nSPS) is 8.21. The van der Waals surface area contributed by atoms with Crippen LogP contribution in [-0.4, -0.2) is 24.5 Å². The fraction of sp³-hybridized carbons (Fsp3) is 0.200. The minimum absolute atomic E-state index is 0.367. The van der Waals surface area contributed by atoms with E-state index in [0.29, 0.717) is 11.3 Å². The predicted octanol–water partition coefficient (Wildman–Crippen LogP) is 1.03. The highest BCUT2D eigenvalue weighted by Crippen LogP contribution is 2.10. The zero-order valence-electron chi connectivity index (χ0n) is 8.06. The van der Waals surface area contributed by atoms with Crippen LogP contribution < -0.4 is 4.74 Å². The molecule has 0 heterocycles. The predicted molar refractivity (Wildman–Crippen MR) is 51.3 cm³/mol. The average molecular weight is 196 g/mol. The van der Waals surface area contributed by atoms with E-state index in [1.165, 1.54) is 6.92 Å². The number of ether oxygens (including phenoxy) is 1. The summed E-state index contributed by atoms with van der Waals surface area (Å²) >= 11 is 0. The second kappa shape index (κ2) is 6.80. The smallest absolute Gasteiger partial charge is 0.308 e. The Morgan fingerprint density at radius 2 is 1.79 bits per heavy atom. The van der Waals surface area contributed by atoms with Gasteiger partial charge in [-0.2, -0.15) is 0 Å². The molecule has 0 saturated heterocycles. The number of rotatable bonds is 2. The fourth-order valence-corrected chi connectivity index (χ4v) is 0.780. The lowest BCUT2D eigenvalue weighted by Gasteiger charge is -1.99. The van der Waals surface area contributed by atoms with Crippen LogP contribution in [0.15, 0.2) is 24.3 Å². The molecule has 4 heteroatoms. The van der Waals surface area contributed by atoms with E-state index in [1.807, 2.05) is 0 Å². The number of aliphatic hydroxyl groups is 1. The molecule has 76 valence electrons. The number of hydrogen-bond donors (Lipinski definition) is 1. The molecule has 0 aromatic heterocycles. The molecule has 1 aromatic carbocycles. The van der Waals surface area contributed by atoms with Crippen LogP contribution in [0.5, 0.6) is 5.75 Å². The molecule has 4 nitrogen and oxygen atoms in total. The highest BCUT2D eigenvalue weighted by Gasteiger charge is 1.96. The van der Waals surface area contributed by atoms with Crippen molar-refractivity contribution in [1.82, 2.24) is 0 Å². The Hall–Kier alpha value is -1.68. The highest BCUT2D eigenvalue weighted by atomic mass is 16.5. The number of esters is 1. The maximum Gasteiger partial charge on any atom is 0.308 e. The summed E-state index contributed by atoms with van der Waals surface area (Å²) in [5.74, 6) is 0.0851. The SMILES string of the molecule is CC(=O)Oc1ccc(C=O)cc1.CO. The Bertz CT molecular complexity index is 289. The van der Waals surface area contributed by atoms with Gasteiger partial charge in [0.05, 0.1) is 0 Å². The molecule has 0 unspecified atom stereocenters. The molecule has 0 saturated carbocycles. The van der Waals surface area contributed by atoms with Crippen LogP contribution in [-0.2, 0) is 4.79 Å². The van der Waals surface area contributed by atoms with Gasteiger partial charge < -0.3 is 9.84 Å². The standard InChI is InChI=1S/C9H8O3.CH4O/c1-7(11)12-9-4-2-8(6-10)3-5-9;1-2/h2-6H,1H3;2H,1H3. The van der Waals surface area contributed by atoms with Crippen molar-refractivity contribution in [2.45, 2.75) is 6.92 Å². The molecule has 0 bridgehead atoms. The number of aliphatic hydroxyl groups excluding tert-OH is 1. The zero-order valence-corrected chi connectivity index (χ0v) is 8.06. The largest absolute Gasteiger partial charge is 0.427 e. The second-order valence-electron chi connectivity index (χ2n) is 2.28. The molecule has 1 N–H and O–H groups in total. The molecule has 1 aromatic rings. The van der Waals surface area contributed by atoms with Gasteiger partial charge in [-0.1, -0.05) is 0 Å². The maximum absolute atomic E-state index is 10.5. The quantitative estimate of drug-likeness (QED) is 0.436. The number of carbonyl (C=O) groups excluding carboxylic acids is 2. The van der Waals surface area contributed by atoms with Crippen LogP contribution in [0.4, 0.5) is 0 Å². The first-order valence-corrected chi connectivity index (χ1v) is 3.91. The summed E-state index contributed by atoms with van der Waals surface area (Å²) in [6.45, 7) is 1.33. The summed E-state index contributed by atoms with van der Waals surface area (Å²) in [7, 11) is 1.00. The van der Waals surface area contributed by atoms with Crippen molar-refractivity contribution in [3.8, 4) is 5.75 Å². The van der Waals surface area contributed by atoms with E-state index in [-0.39, 0.29) is 5.97 Å².